The minimum atomic E-state index is -0.527. The third kappa shape index (κ3) is 5.25. The number of carbonyl (C=O) groups excluding carboxylic acids is 3. The Morgan fingerprint density at radius 2 is 1.72 bits per heavy atom. The van der Waals surface area contributed by atoms with Gasteiger partial charge in [-0.1, -0.05) is 40.2 Å². The Balaban J connectivity index is 2.28. The van der Waals surface area contributed by atoms with Crippen LogP contribution in [0.4, 0.5) is 11.4 Å². The van der Waals surface area contributed by atoms with Gasteiger partial charge in [-0.2, -0.15) is 0 Å². The molecule has 7 heteroatoms. The van der Waals surface area contributed by atoms with Gasteiger partial charge in [-0.25, -0.2) is 4.79 Å². The minimum absolute atomic E-state index is 0.117. The van der Waals surface area contributed by atoms with Gasteiger partial charge >= 0.3 is 5.97 Å². The van der Waals surface area contributed by atoms with Crippen LogP contribution in [0.2, 0.25) is 0 Å². The van der Waals surface area contributed by atoms with Gasteiger partial charge < -0.3 is 20.4 Å². The molecule has 1 aromatic heterocycles. The summed E-state index contributed by atoms with van der Waals surface area (Å²) >= 11 is 0. The first-order valence-corrected chi connectivity index (χ1v) is 9.61. The summed E-state index contributed by atoms with van der Waals surface area (Å²) in [5.74, 6) is -0.937. The van der Waals surface area contributed by atoms with Crippen molar-refractivity contribution in [3.63, 3.8) is 0 Å². The molecule has 0 aliphatic carbocycles. The van der Waals surface area contributed by atoms with Crippen LogP contribution in [0, 0.1) is 12.3 Å². The Morgan fingerprint density at radius 3 is 2.28 bits per heavy atom. The van der Waals surface area contributed by atoms with Gasteiger partial charge in [0.1, 0.15) is 5.69 Å². The van der Waals surface area contributed by atoms with Gasteiger partial charge in [0.05, 0.1) is 12.7 Å². The number of nitrogens with one attached hydrogen (secondary N) is 3. The van der Waals surface area contributed by atoms with Crippen LogP contribution in [0.25, 0.3) is 0 Å². The van der Waals surface area contributed by atoms with Gasteiger partial charge in [0, 0.05) is 22.5 Å². The van der Waals surface area contributed by atoms with E-state index in [0.717, 1.165) is 6.42 Å². The molecule has 1 heterocycles. The van der Waals surface area contributed by atoms with Crippen LogP contribution >= 0.6 is 0 Å². The molecule has 1 aromatic carbocycles. The number of aromatic nitrogens is 1. The highest BCUT2D eigenvalue weighted by Crippen LogP contribution is 2.24. The van der Waals surface area contributed by atoms with Gasteiger partial charge in [0.25, 0.3) is 5.91 Å². The van der Waals surface area contributed by atoms with Crippen LogP contribution in [0.1, 0.15) is 66.2 Å². The van der Waals surface area contributed by atoms with Crippen molar-refractivity contribution in [3.05, 3.63) is 46.8 Å². The van der Waals surface area contributed by atoms with Crippen LogP contribution in [0.5, 0.6) is 0 Å². The number of aromatic amines is 1. The molecule has 0 fully saturated rings. The summed E-state index contributed by atoms with van der Waals surface area (Å²) in [5.41, 5.74) is 2.59. The molecule has 2 amide bonds. The number of amides is 2. The molecule has 7 nitrogen and oxygen atoms in total. The summed E-state index contributed by atoms with van der Waals surface area (Å²) in [6.07, 6.45) is 1.34. The van der Waals surface area contributed by atoms with Crippen molar-refractivity contribution in [2.24, 2.45) is 5.41 Å². The molecule has 0 aliphatic heterocycles. The van der Waals surface area contributed by atoms with Gasteiger partial charge in [0.15, 0.2) is 0 Å². The second-order valence-corrected chi connectivity index (χ2v) is 7.96. The molecule has 0 saturated carbocycles. The first-order valence-electron chi connectivity index (χ1n) is 9.61. The normalized spacial score (nSPS) is 11.1. The van der Waals surface area contributed by atoms with Crippen molar-refractivity contribution in [2.75, 3.05) is 17.7 Å². The van der Waals surface area contributed by atoms with E-state index in [2.05, 4.69) is 15.6 Å². The molecular weight excluding hydrogens is 370 g/mol. The van der Waals surface area contributed by atoms with Crippen LogP contribution in [0.3, 0.4) is 0 Å². The fraction of sp³-hybridized carbons (Fsp3) is 0.409. The van der Waals surface area contributed by atoms with E-state index in [1.807, 2.05) is 27.7 Å². The lowest BCUT2D eigenvalue weighted by Crippen LogP contribution is -2.27. The van der Waals surface area contributed by atoms with E-state index in [1.165, 1.54) is 7.11 Å². The van der Waals surface area contributed by atoms with E-state index >= 15 is 0 Å². The highest BCUT2D eigenvalue weighted by atomic mass is 16.5. The van der Waals surface area contributed by atoms with E-state index in [1.54, 1.807) is 31.2 Å². The predicted molar refractivity (Wildman–Crippen MR) is 113 cm³/mol. The molecule has 0 spiro atoms. The lowest BCUT2D eigenvalue weighted by atomic mass is 9.95. The van der Waals surface area contributed by atoms with E-state index in [9.17, 15) is 14.4 Å². The fourth-order valence-electron chi connectivity index (χ4n) is 2.94. The number of aryl methyl sites for hydroxylation is 1. The fourth-order valence-corrected chi connectivity index (χ4v) is 2.94. The average Bonchev–Trinajstić information content (AvgIpc) is 2.97. The Kier molecular flexibility index (Phi) is 6.84. The lowest BCUT2D eigenvalue weighted by Gasteiger charge is -2.18. The Morgan fingerprint density at radius 1 is 1.10 bits per heavy atom. The number of hydrogen-bond donors (Lipinski definition) is 3. The number of hydrogen-bond acceptors (Lipinski definition) is 4. The summed E-state index contributed by atoms with van der Waals surface area (Å²) < 4.78 is 4.86. The summed E-state index contributed by atoms with van der Waals surface area (Å²) in [6.45, 7) is 9.21. The Bertz CT molecular complexity index is 923. The summed E-state index contributed by atoms with van der Waals surface area (Å²) in [4.78, 5) is 40.2. The topological polar surface area (TPSA) is 100 Å². The average molecular weight is 399 g/mol. The molecule has 0 unspecified atom stereocenters. The van der Waals surface area contributed by atoms with Crippen molar-refractivity contribution >= 4 is 29.2 Å². The third-order valence-corrected chi connectivity index (χ3v) is 4.47. The number of ether oxygens (including phenoxy) is 1. The Hall–Kier alpha value is -3.09. The van der Waals surface area contributed by atoms with E-state index in [0.29, 0.717) is 40.3 Å². The van der Waals surface area contributed by atoms with Crippen molar-refractivity contribution in [3.8, 4) is 0 Å². The van der Waals surface area contributed by atoms with E-state index < -0.39 is 11.4 Å². The number of H-pyrrole nitrogens is 1. The molecule has 0 atom stereocenters. The molecule has 0 aliphatic rings. The minimum Gasteiger partial charge on any atom is -0.465 e. The quantitative estimate of drug-likeness (QED) is 0.631. The molecule has 29 heavy (non-hydrogen) atoms. The van der Waals surface area contributed by atoms with Gasteiger partial charge in [-0.3, -0.25) is 9.59 Å². The molecular formula is C22H29N3O4. The highest BCUT2D eigenvalue weighted by molar-refractivity contribution is 6.07. The first kappa shape index (κ1) is 22.2. The third-order valence-electron chi connectivity index (χ3n) is 4.47. The van der Waals surface area contributed by atoms with Crippen molar-refractivity contribution < 1.29 is 19.1 Å². The SMILES string of the molecule is CCCc1c(C(=O)Nc2cccc(NC(=O)C(C)(C)C)c2)[nH]c(C)c1C(=O)OC. The van der Waals surface area contributed by atoms with E-state index in [-0.39, 0.29) is 11.8 Å². The van der Waals surface area contributed by atoms with Crippen molar-refractivity contribution in [1.82, 2.24) is 4.98 Å². The number of benzene rings is 1. The number of anilines is 2. The van der Waals surface area contributed by atoms with Gasteiger partial charge in [-0.15, -0.1) is 0 Å². The molecule has 0 bridgehead atoms. The van der Waals surface area contributed by atoms with Crippen LogP contribution in [-0.4, -0.2) is 29.9 Å². The Labute approximate surface area is 171 Å². The largest absolute Gasteiger partial charge is 0.465 e. The molecule has 156 valence electrons. The van der Waals surface area contributed by atoms with Crippen molar-refractivity contribution in [1.29, 1.82) is 0 Å². The summed E-state index contributed by atoms with van der Waals surface area (Å²) in [7, 11) is 1.32. The maximum atomic E-state index is 12.9. The molecule has 3 N–H and O–H groups in total. The first-order chi connectivity index (χ1) is 13.6. The second-order valence-electron chi connectivity index (χ2n) is 7.96. The van der Waals surface area contributed by atoms with E-state index in [4.69, 9.17) is 4.74 Å². The number of esters is 1. The summed E-state index contributed by atoms with van der Waals surface area (Å²) in [6, 6.07) is 6.94. The second kappa shape index (κ2) is 8.94. The number of methoxy groups -OCH3 is 1. The molecule has 2 aromatic rings. The number of rotatable bonds is 6. The lowest BCUT2D eigenvalue weighted by molar-refractivity contribution is -0.123. The predicted octanol–water partition coefficient (Wildman–Crippen LogP) is 4.30. The maximum absolute atomic E-state index is 12.9. The monoisotopic (exact) mass is 399 g/mol. The summed E-state index contributed by atoms with van der Waals surface area (Å²) in [5, 5.41) is 5.68. The van der Waals surface area contributed by atoms with Crippen LogP contribution < -0.4 is 10.6 Å². The van der Waals surface area contributed by atoms with Crippen LogP contribution in [-0.2, 0) is 16.0 Å². The molecule has 0 saturated heterocycles. The smallest absolute Gasteiger partial charge is 0.339 e. The zero-order valence-electron chi connectivity index (χ0n) is 17.9. The van der Waals surface area contributed by atoms with Gasteiger partial charge in [0.2, 0.25) is 5.91 Å². The zero-order chi connectivity index (χ0) is 21.8. The molecule has 0 radical (unpaired) electrons. The zero-order valence-corrected chi connectivity index (χ0v) is 17.9. The van der Waals surface area contributed by atoms with Gasteiger partial charge in [-0.05, 0) is 37.1 Å². The standard InChI is InChI=1S/C22H29N3O4/c1-7-9-16-17(20(27)29-6)13(2)23-18(16)19(26)24-14-10-8-11-15(12-14)25-21(28)22(3,4)5/h8,10-12,23H,7,9H2,1-6H3,(H,24,26)(H,25,28). The van der Waals surface area contributed by atoms with Crippen LogP contribution in [0.15, 0.2) is 24.3 Å². The molecule has 2 rings (SSSR count). The number of carbonyl (C=O) groups is 3. The van der Waals surface area contributed by atoms with Crippen molar-refractivity contribution in [2.45, 2.75) is 47.5 Å². The maximum Gasteiger partial charge on any atom is 0.339 e. The highest BCUT2D eigenvalue weighted by Gasteiger charge is 2.25.